The number of aromatic nitrogens is 3. The van der Waals surface area contributed by atoms with E-state index >= 15 is 0 Å². The Bertz CT molecular complexity index is 1300. The number of benzene rings is 2. The van der Waals surface area contributed by atoms with E-state index in [1.165, 1.54) is 0 Å². The summed E-state index contributed by atoms with van der Waals surface area (Å²) in [6, 6.07) is 18.6. The minimum atomic E-state index is -0.584. The lowest BCUT2D eigenvalue weighted by Gasteiger charge is -2.08. The summed E-state index contributed by atoms with van der Waals surface area (Å²) in [4.78, 5) is 28.9. The van der Waals surface area contributed by atoms with Crippen molar-refractivity contribution in [1.82, 2.24) is 20.1 Å². The summed E-state index contributed by atoms with van der Waals surface area (Å²) >= 11 is 0. The predicted molar refractivity (Wildman–Crippen MR) is 127 cm³/mol. The zero-order valence-electron chi connectivity index (χ0n) is 18.4. The van der Waals surface area contributed by atoms with Gasteiger partial charge in [-0.05, 0) is 36.2 Å². The first-order chi connectivity index (χ1) is 16.0. The van der Waals surface area contributed by atoms with Crippen molar-refractivity contribution < 1.29 is 9.59 Å². The Labute approximate surface area is 191 Å². The fourth-order valence-corrected chi connectivity index (χ4v) is 3.64. The van der Waals surface area contributed by atoms with E-state index in [4.69, 9.17) is 5.73 Å². The number of nitrogens with zero attached hydrogens (tertiary/aromatic N) is 3. The molecule has 0 aliphatic heterocycles. The molecule has 0 radical (unpaired) electrons. The van der Waals surface area contributed by atoms with Crippen LogP contribution in [0.15, 0.2) is 73.1 Å². The molecule has 0 bridgehead atoms. The number of rotatable bonds is 7. The number of carbonyl (C=O) groups is 2. The van der Waals surface area contributed by atoms with Crippen molar-refractivity contribution in [2.45, 2.75) is 13.5 Å². The van der Waals surface area contributed by atoms with Crippen LogP contribution >= 0.6 is 0 Å². The van der Waals surface area contributed by atoms with Crippen molar-refractivity contribution in [1.29, 1.82) is 0 Å². The zero-order valence-corrected chi connectivity index (χ0v) is 18.4. The number of amides is 2. The molecule has 0 fully saturated rings. The molecule has 0 aliphatic carbocycles. The van der Waals surface area contributed by atoms with Crippen molar-refractivity contribution in [3.63, 3.8) is 0 Å². The molecular formula is C25H24N6O2. The molecule has 8 nitrogen and oxygen atoms in total. The highest BCUT2D eigenvalue weighted by molar-refractivity contribution is 6.04. The van der Waals surface area contributed by atoms with Gasteiger partial charge in [0.2, 0.25) is 0 Å². The molecule has 4 aromatic rings. The highest BCUT2D eigenvalue weighted by atomic mass is 16.2. The van der Waals surface area contributed by atoms with Crippen molar-refractivity contribution in [3.8, 4) is 16.9 Å². The van der Waals surface area contributed by atoms with Gasteiger partial charge in [-0.15, -0.1) is 0 Å². The lowest BCUT2D eigenvalue weighted by atomic mass is 10.0. The average Bonchev–Trinajstić information content (AvgIpc) is 3.24. The molecule has 4 N–H and O–H groups in total. The number of aryl methyl sites for hydroxylation is 1. The number of primary amides is 1. The highest BCUT2D eigenvalue weighted by Gasteiger charge is 2.23. The molecule has 0 spiro atoms. The van der Waals surface area contributed by atoms with Gasteiger partial charge in [-0.1, -0.05) is 42.5 Å². The quantitative estimate of drug-likeness (QED) is 0.408. The van der Waals surface area contributed by atoms with Gasteiger partial charge in [-0.3, -0.25) is 14.6 Å². The van der Waals surface area contributed by atoms with Crippen molar-refractivity contribution in [3.05, 3.63) is 95.3 Å². The predicted octanol–water partition coefficient (Wildman–Crippen LogP) is 3.31. The van der Waals surface area contributed by atoms with Gasteiger partial charge >= 0.3 is 0 Å². The maximum absolute atomic E-state index is 12.5. The van der Waals surface area contributed by atoms with Gasteiger partial charge in [0, 0.05) is 30.9 Å². The van der Waals surface area contributed by atoms with Crippen molar-refractivity contribution in [2.24, 2.45) is 5.73 Å². The van der Waals surface area contributed by atoms with Crippen LogP contribution in [0.1, 0.15) is 31.8 Å². The molecule has 0 saturated carbocycles. The minimum absolute atomic E-state index is 0.123. The molecule has 8 heteroatoms. The molecule has 4 rings (SSSR count). The maximum atomic E-state index is 12.5. The number of anilines is 1. The number of nitrogens with one attached hydrogen (secondary N) is 2. The lowest BCUT2D eigenvalue weighted by Crippen LogP contribution is -2.23. The molecule has 0 atom stereocenters. The third kappa shape index (κ3) is 4.45. The summed E-state index contributed by atoms with van der Waals surface area (Å²) in [6.07, 6.45) is 3.32. The fraction of sp³-hybridized carbons (Fsp3) is 0.120. The SMILES string of the molecule is CNc1c(C(N)=O)c(-c2ccc(CNC(=O)c3ccccc3C)cc2)nn1-c1cccnc1. The second-order valence-electron chi connectivity index (χ2n) is 7.50. The first-order valence-electron chi connectivity index (χ1n) is 10.4. The molecule has 0 aliphatic rings. The van der Waals surface area contributed by atoms with Gasteiger partial charge in [0.1, 0.15) is 17.1 Å². The summed E-state index contributed by atoms with van der Waals surface area (Å²) in [7, 11) is 1.71. The second kappa shape index (κ2) is 9.35. The summed E-state index contributed by atoms with van der Waals surface area (Å²) in [5.41, 5.74) is 10.4. The Morgan fingerprint density at radius 2 is 1.79 bits per heavy atom. The molecule has 0 saturated heterocycles. The van der Waals surface area contributed by atoms with Crippen LogP contribution < -0.4 is 16.4 Å². The molecule has 33 heavy (non-hydrogen) atoms. The highest BCUT2D eigenvalue weighted by Crippen LogP contribution is 2.30. The molecule has 166 valence electrons. The largest absolute Gasteiger partial charge is 0.372 e. The molecule has 0 unspecified atom stereocenters. The van der Waals surface area contributed by atoms with Gasteiger partial charge in [0.25, 0.3) is 11.8 Å². The molecule has 2 aromatic carbocycles. The molecular weight excluding hydrogens is 416 g/mol. The average molecular weight is 441 g/mol. The van der Waals surface area contributed by atoms with Crippen molar-refractivity contribution in [2.75, 3.05) is 12.4 Å². The Balaban J connectivity index is 1.60. The first kappa shape index (κ1) is 21.8. The monoisotopic (exact) mass is 440 g/mol. The van der Waals surface area contributed by atoms with Gasteiger partial charge in [0.15, 0.2) is 0 Å². The van der Waals surface area contributed by atoms with Crippen LogP contribution in [0.3, 0.4) is 0 Å². The van der Waals surface area contributed by atoms with E-state index in [0.717, 1.165) is 16.7 Å². The Morgan fingerprint density at radius 1 is 1.03 bits per heavy atom. The van der Waals surface area contributed by atoms with E-state index in [9.17, 15) is 9.59 Å². The topological polar surface area (TPSA) is 115 Å². The van der Waals surface area contributed by atoms with Crippen LogP contribution in [0.2, 0.25) is 0 Å². The van der Waals surface area contributed by atoms with Gasteiger partial charge in [-0.25, -0.2) is 4.68 Å². The number of pyridine rings is 1. The Morgan fingerprint density at radius 3 is 2.42 bits per heavy atom. The first-order valence-corrected chi connectivity index (χ1v) is 10.4. The van der Waals surface area contributed by atoms with Crippen LogP contribution in [-0.2, 0) is 6.54 Å². The Kier molecular flexibility index (Phi) is 6.17. The third-order valence-corrected chi connectivity index (χ3v) is 5.33. The van der Waals surface area contributed by atoms with Crippen LogP contribution in [0.4, 0.5) is 5.82 Å². The van der Waals surface area contributed by atoms with E-state index in [1.807, 2.05) is 55.5 Å². The van der Waals surface area contributed by atoms with E-state index < -0.39 is 5.91 Å². The van der Waals surface area contributed by atoms with Crippen molar-refractivity contribution >= 4 is 17.6 Å². The van der Waals surface area contributed by atoms with Gasteiger partial charge < -0.3 is 16.4 Å². The Hall–Kier alpha value is -4.46. The van der Waals surface area contributed by atoms with Crippen LogP contribution in [-0.4, -0.2) is 33.6 Å². The second-order valence-corrected chi connectivity index (χ2v) is 7.50. The molecule has 2 heterocycles. The number of nitrogens with two attached hydrogens (primary N) is 1. The summed E-state index contributed by atoms with van der Waals surface area (Å²) in [6.45, 7) is 2.28. The molecule has 2 amide bonds. The van der Waals surface area contributed by atoms with Crippen LogP contribution in [0.25, 0.3) is 16.9 Å². The zero-order chi connectivity index (χ0) is 23.4. The van der Waals surface area contributed by atoms with Gasteiger partial charge in [-0.2, -0.15) is 5.10 Å². The number of carbonyl (C=O) groups excluding carboxylic acids is 2. The fourth-order valence-electron chi connectivity index (χ4n) is 3.64. The third-order valence-electron chi connectivity index (χ3n) is 5.33. The van der Waals surface area contributed by atoms with E-state index in [1.54, 1.807) is 36.3 Å². The number of hydrogen-bond acceptors (Lipinski definition) is 5. The van der Waals surface area contributed by atoms with E-state index in [0.29, 0.717) is 34.9 Å². The molecule has 2 aromatic heterocycles. The van der Waals surface area contributed by atoms with Crippen LogP contribution in [0.5, 0.6) is 0 Å². The normalized spacial score (nSPS) is 10.6. The van der Waals surface area contributed by atoms with E-state index in [-0.39, 0.29) is 5.91 Å². The summed E-state index contributed by atoms with van der Waals surface area (Å²) in [5.74, 6) is -0.221. The standard InChI is InChI=1S/C25H24N6O2/c1-16-6-3-4-8-20(16)25(33)29-14-17-9-11-18(12-10-17)22-21(23(26)32)24(27-2)31(30-22)19-7-5-13-28-15-19/h3-13,15,27H,14H2,1-2H3,(H2,26,32)(H,29,33). The smallest absolute Gasteiger partial charge is 0.254 e. The maximum Gasteiger partial charge on any atom is 0.254 e. The number of hydrogen-bond donors (Lipinski definition) is 3. The van der Waals surface area contributed by atoms with Crippen LogP contribution in [0, 0.1) is 6.92 Å². The summed E-state index contributed by atoms with van der Waals surface area (Å²) in [5, 5.41) is 10.6. The summed E-state index contributed by atoms with van der Waals surface area (Å²) < 4.78 is 1.61. The van der Waals surface area contributed by atoms with E-state index in [2.05, 4.69) is 20.7 Å². The lowest BCUT2D eigenvalue weighted by molar-refractivity contribution is 0.0949. The minimum Gasteiger partial charge on any atom is -0.372 e. The van der Waals surface area contributed by atoms with Gasteiger partial charge in [0.05, 0.1) is 11.9 Å².